The number of aryl methyl sites for hydroxylation is 1. The highest BCUT2D eigenvalue weighted by atomic mass is 16.5. The number of hydrogen-bond acceptors (Lipinski definition) is 4. The van der Waals surface area contributed by atoms with Crippen LogP contribution in [0.15, 0.2) is 41.1 Å². The molecule has 0 bridgehead atoms. The molecule has 1 aliphatic rings. The molecule has 0 fully saturated rings. The summed E-state index contributed by atoms with van der Waals surface area (Å²) >= 11 is 0. The molecule has 1 N–H and O–H groups in total. The molecule has 24 heavy (non-hydrogen) atoms. The van der Waals surface area contributed by atoms with Gasteiger partial charge in [-0.2, -0.15) is 5.10 Å². The highest BCUT2D eigenvalue weighted by molar-refractivity contribution is 6.04. The molecule has 1 aliphatic carbocycles. The lowest BCUT2D eigenvalue weighted by molar-refractivity contribution is 0.102. The van der Waals surface area contributed by atoms with E-state index < -0.39 is 0 Å². The van der Waals surface area contributed by atoms with Crippen molar-refractivity contribution >= 4 is 11.6 Å². The molecule has 0 atom stereocenters. The predicted octanol–water partition coefficient (Wildman–Crippen LogP) is 3.21. The lowest BCUT2D eigenvalue weighted by Crippen LogP contribution is -2.15. The van der Waals surface area contributed by atoms with E-state index in [2.05, 4.69) is 15.6 Å². The van der Waals surface area contributed by atoms with Crippen molar-refractivity contribution in [2.45, 2.75) is 25.7 Å². The van der Waals surface area contributed by atoms with Gasteiger partial charge < -0.3 is 9.84 Å². The summed E-state index contributed by atoms with van der Waals surface area (Å²) in [5.41, 5.74) is 5.16. The van der Waals surface area contributed by atoms with E-state index in [-0.39, 0.29) is 5.91 Å². The quantitative estimate of drug-likeness (QED) is 0.803. The SMILES string of the molecule is Cn1nc(C(=O)Nc2cccc(-c3ccon3)c2)c2c1CCCC2. The number of aromatic nitrogens is 3. The van der Waals surface area contributed by atoms with Crippen LogP contribution in [0.3, 0.4) is 0 Å². The molecule has 1 amide bonds. The maximum absolute atomic E-state index is 12.7. The largest absolute Gasteiger partial charge is 0.364 e. The Balaban J connectivity index is 1.60. The van der Waals surface area contributed by atoms with Crippen LogP contribution in [0.1, 0.15) is 34.6 Å². The van der Waals surface area contributed by atoms with Crippen molar-refractivity contribution in [2.75, 3.05) is 5.32 Å². The monoisotopic (exact) mass is 322 g/mol. The van der Waals surface area contributed by atoms with Gasteiger partial charge in [0.05, 0.1) is 0 Å². The van der Waals surface area contributed by atoms with Gasteiger partial charge in [0.1, 0.15) is 12.0 Å². The molecule has 6 nitrogen and oxygen atoms in total. The fourth-order valence-electron chi connectivity index (χ4n) is 3.26. The number of rotatable bonds is 3. The normalized spacial score (nSPS) is 13.5. The third-order valence-corrected chi connectivity index (χ3v) is 4.43. The van der Waals surface area contributed by atoms with E-state index in [1.165, 1.54) is 12.0 Å². The lowest BCUT2D eigenvalue weighted by atomic mass is 9.95. The van der Waals surface area contributed by atoms with Crippen molar-refractivity contribution in [3.8, 4) is 11.3 Å². The third kappa shape index (κ3) is 2.60. The molecule has 6 heteroatoms. The molecule has 122 valence electrons. The van der Waals surface area contributed by atoms with E-state index >= 15 is 0 Å². The minimum absolute atomic E-state index is 0.161. The van der Waals surface area contributed by atoms with Crippen LogP contribution < -0.4 is 5.32 Å². The Morgan fingerprint density at radius 1 is 1.25 bits per heavy atom. The summed E-state index contributed by atoms with van der Waals surface area (Å²) in [5.74, 6) is -0.161. The minimum atomic E-state index is -0.161. The van der Waals surface area contributed by atoms with Gasteiger partial charge in [0.25, 0.3) is 5.91 Å². The Bertz CT molecular complexity index is 881. The number of nitrogens with zero attached hydrogens (tertiary/aromatic N) is 3. The number of benzene rings is 1. The Hall–Kier alpha value is -2.89. The molecule has 2 aromatic heterocycles. The Kier molecular flexibility index (Phi) is 3.65. The molecular formula is C18H18N4O2. The van der Waals surface area contributed by atoms with Crippen LogP contribution in [-0.2, 0) is 19.9 Å². The van der Waals surface area contributed by atoms with E-state index in [1.807, 2.05) is 36.0 Å². The zero-order valence-corrected chi connectivity index (χ0v) is 13.5. The van der Waals surface area contributed by atoms with Crippen LogP contribution in [0.2, 0.25) is 0 Å². The molecular weight excluding hydrogens is 304 g/mol. The minimum Gasteiger partial charge on any atom is -0.364 e. The highest BCUT2D eigenvalue weighted by Crippen LogP contribution is 2.25. The molecule has 0 saturated heterocycles. The van der Waals surface area contributed by atoms with Gasteiger partial charge in [0.2, 0.25) is 0 Å². The Morgan fingerprint density at radius 2 is 2.12 bits per heavy atom. The molecule has 0 unspecified atom stereocenters. The smallest absolute Gasteiger partial charge is 0.276 e. The fraction of sp³-hybridized carbons (Fsp3) is 0.278. The second-order valence-electron chi connectivity index (χ2n) is 6.02. The summed E-state index contributed by atoms with van der Waals surface area (Å²) in [5, 5.41) is 11.3. The summed E-state index contributed by atoms with van der Waals surface area (Å²) in [6.45, 7) is 0. The second-order valence-corrected chi connectivity index (χ2v) is 6.02. The van der Waals surface area contributed by atoms with Crippen molar-refractivity contribution in [3.05, 3.63) is 53.5 Å². The predicted molar refractivity (Wildman–Crippen MR) is 89.7 cm³/mol. The van der Waals surface area contributed by atoms with E-state index in [0.717, 1.165) is 48.2 Å². The first-order valence-corrected chi connectivity index (χ1v) is 8.09. The van der Waals surface area contributed by atoms with E-state index in [4.69, 9.17) is 4.52 Å². The standard InChI is InChI=1S/C18H18N4O2/c1-22-16-8-3-2-7-14(16)17(20-22)18(23)19-13-6-4-5-12(11-13)15-9-10-24-21-15/h4-6,9-11H,2-3,7-8H2,1H3,(H,19,23). The number of anilines is 1. The van der Waals surface area contributed by atoms with Crippen molar-refractivity contribution in [1.29, 1.82) is 0 Å². The number of carbonyl (C=O) groups excluding carboxylic acids is 1. The van der Waals surface area contributed by atoms with Crippen molar-refractivity contribution in [1.82, 2.24) is 14.9 Å². The third-order valence-electron chi connectivity index (χ3n) is 4.43. The molecule has 3 aromatic rings. The molecule has 4 rings (SSSR count). The average molecular weight is 322 g/mol. The highest BCUT2D eigenvalue weighted by Gasteiger charge is 2.23. The summed E-state index contributed by atoms with van der Waals surface area (Å²) in [6.07, 6.45) is 5.72. The number of carbonyl (C=O) groups is 1. The number of nitrogens with one attached hydrogen (secondary N) is 1. The second kappa shape index (κ2) is 5.96. The topological polar surface area (TPSA) is 73.0 Å². The van der Waals surface area contributed by atoms with Gasteiger partial charge in [-0.25, -0.2) is 0 Å². The van der Waals surface area contributed by atoms with Crippen LogP contribution in [-0.4, -0.2) is 20.8 Å². The first kappa shape index (κ1) is 14.7. The van der Waals surface area contributed by atoms with E-state index in [1.54, 1.807) is 6.07 Å². The Morgan fingerprint density at radius 3 is 2.96 bits per heavy atom. The van der Waals surface area contributed by atoms with Gasteiger partial charge >= 0.3 is 0 Å². The number of hydrogen-bond donors (Lipinski definition) is 1. The van der Waals surface area contributed by atoms with E-state index in [0.29, 0.717) is 5.69 Å². The van der Waals surface area contributed by atoms with Crippen molar-refractivity contribution < 1.29 is 9.32 Å². The number of amides is 1. The van der Waals surface area contributed by atoms with Crippen LogP contribution >= 0.6 is 0 Å². The van der Waals surface area contributed by atoms with Crippen LogP contribution in [0.25, 0.3) is 11.3 Å². The first-order valence-electron chi connectivity index (χ1n) is 8.09. The Labute approximate surface area is 139 Å². The zero-order valence-electron chi connectivity index (χ0n) is 13.5. The van der Waals surface area contributed by atoms with Gasteiger partial charge in [0, 0.05) is 35.6 Å². The van der Waals surface area contributed by atoms with Crippen molar-refractivity contribution in [2.24, 2.45) is 7.05 Å². The van der Waals surface area contributed by atoms with Gasteiger partial charge in [-0.05, 0) is 37.8 Å². The van der Waals surface area contributed by atoms with Crippen LogP contribution in [0.5, 0.6) is 0 Å². The number of fused-ring (bicyclic) bond motifs is 1. The molecule has 0 spiro atoms. The maximum Gasteiger partial charge on any atom is 0.276 e. The summed E-state index contributed by atoms with van der Waals surface area (Å²) in [4.78, 5) is 12.7. The summed E-state index contributed by atoms with van der Waals surface area (Å²) in [6, 6.07) is 9.34. The zero-order chi connectivity index (χ0) is 16.5. The van der Waals surface area contributed by atoms with Gasteiger partial charge in [-0.3, -0.25) is 9.48 Å². The molecule has 2 heterocycles. The first-order chi connectivity index (χ1) is 11.7. The molecule has 0 saturated carbocycles. The van der Waals surface area contributed by atoms with Gasteiger partial charge in [0.15, 0.2) is 5.69 Å². The lowest BCUT2D eigenvalue weighted by Gasteiger charge is -2.12. The van der Waals surface area contributed by atoms with Gasteiger partial charge in [-0.1, -0.05) is 17.3 Å². The molecule has 0 radical (unpaired) electrons. The fourth-order valence-corrected chi connectivity index (χ4v) is 3.26. The van der Waals surface area contributed by atoms with Crippen LogP contribution in [0.4, 0.5) is 5.69 Å². The summed E-state index contributed by atoms with van der Waals surface area (Å²) in [7, 11) is 1.91. The van der Waals surface area contributed by atoms with E-state index in [9.17, 15) is 4.79 Å². The summed E-state index contributed by atoms with van der Waals surface area (Å²) < 4.78 is 6.72. The van der Waals surface area contributed by atoms with Crippen LogP contribution in [0, 0.1) is 0 Å². The van der Waals surface area contributed by atoms with Crippen molar-refractivity contribution in [3.63, 3.8) is 0 Å². The molecule has 1 aromatic carbocycles. The molecule has 0 aliphatic heterocycles. The van der Waals surface area contributed by atoms with Gasteiger partial charge in [-0.15, -0.1) is 0 Å². The maximum atomic E-state index is 12.7. The average Bonchev–Trinajstić information content (AvgIpc) is 3.24.